The second-order valence-corrected chi connectivity index (χ2v) is 8.41. The molecular weight excluding hydrogens is 466 g/mol. The number of methoxy groups -OCH3 is 1. The molecule has 1 unspecified atom stereocenters. The number of amides is 2. The molecule has 1 atom stereocenters. The van der Waals surface area contributed by atoms with Crippen molar-refractivity contribution in [3.8, 4) is 11.5 Å². The van der Waals surface area contributed by atoms with Crippen LogP contribution in [0.1, 0.15) is 39.5 Å². The lowest BCUT2D eigenvalue weighted by atomic mass is 10.0. The van der Waals surface area contributed by atoms with Gasteiger partial charge in [0, 0.05) is 24.5 Å². The van der Waals surface area contributed by atoms with Crippen molar-refractivity contribution in [2.75, 3.05) is 7.11 Å². The van der Waals surface area contributed by atoms with Crippen molar-refractivity contribution in [2.24, 2.45) is 0 Å². The van der Waals surface area contributed by atoms with Crippen LogP contribution in [-0.2, 0) is 17.9 Å². The number of nitrogens with zero attached hydrogens (tertiary/aromatic N) is 1. The van der Waals surface area contributed by atoms with E-state index in [1.165, 1.54) is 0 Å². The zero-order valence-electron chi connectivity index (χ0n) is 20.6. The second-order valence-electron chi connectivity index (χ2n) is 8.41. The van der Waals surface area contributed by atoms with Crippen LogP contribution in [0, 0.1) is 0 Å². The molecule has 188 valence electrons. The van der Waals surface area contributed by atoms with E-state index in [9.17, 15) is 9.59 Å². The smallest absolute Gasteiger partial charge is 0.251 e. The number of pyridine rings is 1. The van der Waals surface area contributed by atoms with Crippen LogP contribution in [0.2, 0.25) is 0 Å². The predicted octanol–water partition coefficient (Wildman–Crippen LogP) is 4.85. The van der Waals surface area contributed by atoms with Gasteiger partial charge >= 0.3 is 0 Å². The third-order valence-electron chi connectivity index (χ3n) is 5.79. The summed E-state index contributed by atoms with van der Waals surface area (Å²) in [5.74, 6) is 0.786. The predicted molar refractivity (Wildman–Crippen MR) is 141 cm³/mol. The van der Waals surface area contributed by atoms with Crippen LogP contribution in [0.15, 0.2) is 103 Å². The average Bonchev–Trinajstić information content (AvgIpc) is 2.96. The lowest BCUT2D eigenvalue weighted by molar-refractivity contribution is -0.121. The summed E-state index contributed by atoms with van der Waals surface area (Å²) in [7, 11) is 1.58. The standard InChI is InChI=1S/C30H29N3O4/c1-36-28-18-23(12-13-27(28)37-21-22-14-16-31-17-15-22)20-32-29(34)19-26(24-8-4-2-5-9-24)33-30(35)25-10-6-3-7-11-25/h2-18,26H,19-21H2,1H3,(H,32,34)(H,33,35). The second kappa shape index (κ2) is 12.9. The first-order valence-corrected chi connectivity index (χ1v) is 12.0. The highest BCUT2D eigenvalue weighted by molar-refractivity contribution is 5.94. The summed E-state index contributed by atoms with van der Waals surface area (Å²) < 4.78 is 11.4. The maximum Gasteiger partial charge on any atom is 0.251 e. The molecule has 37 heavy (non-hydrogen) atoms. The Labute approximate surface area is 216 Å². The number of hydrogen-bond acceptors (Lipinski definition) is 5. The molecule has 0 saturated carbocycles. The molecule has 4 rings (SSSR count). The number of hydrogen-bond donors (Lipinski definition) is 2. The Kier molecular flexibility index (Phi) is 8.86. The van der Waals surface area contributed by atoms with Crippen LogP contribution in [-0.4, -0.2) is 23.9 Å². The summed E-state index contributed by atoms with van der Waals surface area (Å²) >= 11 is 0. The number of benzene rings is 3. The molecular formula is C30H29N3O4. The molecule has 0 aliphatic rings. The minimum absolute atomic E-state index is 0.104. The summed E-state index contributed by atoms with van der Waals surface area (Å²) in [5, 5.41) is 5.94. The molecule has 0 radical (unpaired) electrons. The molecule has 7 heteroatoms. The number of aromatic nitrogens is 1. The minimum atomic E-state index is -0.465. The van der Waals surface area contributed by atoms with Gasteiger partial charge < -0.3 is 20.1 Å². The normalized spacial score (nSPS) is 11.3. The van der Waals surface area contributed by atoms with Crippen LogP contribution in [0.25, 0.3) is 0 Å². The van der Waals surface area contributed by atoms with Crippen LogP contribution in [0.5, 0.6) is 11.5 Å². The third kappa shape index (κ3) is 7.41. The molecule has 4 aromatic rings. The molecule has 1 heterocycles. The summed E-state index contributed by atoms with van der Waals surface area (Å²) in [6, 6.07) is 27.3. The van der Waals surface area contributed by atoms with Crippen molar-refractivity contribution in [2.45, 2.75) is 25.6 Å². The van der Waals surface area contributed by atoms with Gasteiger partial charge in [-0.3, -0.25) is 14.6 Å². The van der Waals surface area contributed by atoms with Gasteiger partial charge in [0.2, 0.25) is 5.91 Å². The zero-order valence-corrected chi connectivity index (χ0v) is 20.6. The van der Waals surface area contributed by atoms with Gasteiger partial charge in [0.05, 0.1) is 19.6 Å². The van der Waals surface area contributed by atoms with Gasteiger partial charge in [-0.1, -0.05) is 54.6 Å². The fraction of sp³-hybridized carbons (Fsp3) is 0.167. The molecule has 0 bridgehead atoms. The van der Waals surface area contributed by atoms with Gasteiger partial charge in [0.25, 0.3) is 5.91 Å². The summed E-state index contributed by atoms with van der Waals surface area (Å²) in [6.07, 6.45) is 3.54. The van der Waals surface area contributed by atoms with Crippen LogP contribution >= 0.6 is 0 Å². The number of carbonyl (C=O) groups is 2. The molecule has 1 aromatic heterocycles. The first-order chi connectivity index (χ1) is 18.1. The third-order valence-corrected chi connectivity index (χ3v) is 5.79. The number of nitrogens with one attached hydrogen (secondary N) is 2. The quantitative estimate of drug-likeness (QED) is 0.311. The van der Waals surface area contributed by atoms with Gasteiger partial charge in [0.1, 0.15) is 6.61 Å². The first kappa shape index (κ1) is 25.4. The topological polar surface area (TPSA) is 89.6 Å². The molecule has 0 spiro atoms. The van der Waals surface area contributed by atoms with E-state index in [2.05, 4.69) is 15.6 Å². The van der Waals surface area contributed by atoms with Gasteiger partial charge in [-0.25, -0.2) is 0 Å². The van der Waals surface area contributed by atoms with Crippen molar-refractivity contribution in [3.63, 3.8) is 0 Å². The van der Waals surface area contributed by atoms with E-state index in [1.54, 1.807) is 31.6 Å². The van der Waals surface area contributed by atoms with Crippen LogP contribution in [0.4, 0.5) is 0 Å². The van der Waals surface area contributed by atoms with E-state index in [0.717, 1.165) is 16.7 Å². The maximum atomic E-state index is 12.9. The largest absolute Gasteiger partial charge is 0.493 e. The average molecular weight is 496 g/mol. The van der Waals surface area contributed by atoms with Crippen molar-refractivity contribution < 1.29 is 19.1 Å². The SMILES string of the molecule is COc1cc(CNC(=O)CC(NC(=O)c2ccccc2)c2ccccc2)ccc1OCc1ccncc1. The highest BCUT2D eigenvalue weighted by Crippen LogP contribution is 2.29. The summed E-state index contributed by atoms with van der Waals surface area (Å²) in [4.78, 5) is 29.6. The van der Waals surface area contributed by atoms with Crippen molar-refractivity contribution in [3.05, 3.63) is 126 Å². The molecule has 0 aliphatic heterocycles. The van der Waals surface area contributed by atoms with Crippen molar-refractivity contribution >= 4 is 11.8 Å². The van der Waals surface area contributed by atoms with Gasteiger partial charge in [0.15, 0.2) is 11.5 Å². The molecule has 0 aliphatic carbocycles. The molecule has 7 nitrogen and oxygen atoms in total. The lowest BCUT2D eigenvalue weighted by Gasteiger charge is -2.19. The first-order valence-electron chi connectivity index (χ1n) is 12.0. The Morgan fingerprint density at radius 1 is 0.838 bits per heavy atom. The van der Waals surface area contributed by atoms with E-state index in [1.807, 2.05) is 78.9 Å². The number of ether oxygens (including phenoxy) is 2. The Morgan fingerprint density at radius 3 is 2.24 bits per heavy atom. The lowest BCUT2D eigenvalue weighted by Crippen LogP contribution is -2.33. The Balaban J connectivity index is 1.37. The summed E-state index contributed by atoms with van der Waals surface area (Å²) in [6.45, 7) is 0.707. The molecule has 2 N–H and O–H groups in total. The van der Waals surface area contributed by atoms with Crippen LogP contribution in [0.3, 0.4) is 0 Å². The maximum absolute atomic E-state index is 12.9. The van der Waals surface area contributed by atoms with Crippen molar-refractivity contribution in [1.82, 2.24) is 15.6 Å². The minimum Gasteiger partial charge on any atom is -0.493 e. The van der Waals surface area contributed by atoms with Gasteiger partial charge in [-0.15, -0.1) is 0 Å². The molecule has 0 fully saturated rings. The van der Waals surface area contributed by atoms with Crippen molar-refractivity contribution in [1.29, 1.82) is 0 Å². The van der Waals surface area contributed by atoms with E-state index in [-0.39, 0.29) is 18.2 Å². The Bertz CT molecular complexity index is 1300. The highest BCUT2D eigenvalue weighted by atomic mass is 16.5. The number of rotatable bonds is 11. The van der Waals surface area contributed by atoms with E-state index in [4.69, 9.17) is 9.47 Å². The monoisotopic (exact) mass is 495 g/mol. The van der Waals surface area contributed by atoms with Crippen LogP contribution < -0.4 is 20.1 Å². The number of carbonyl (C=O) groups excluding carboxylic acids is 2. The fourth-order valence-corrected chi connectivity index (χ4v) is 3.81. The van der Waals surface area contributed by atoms with E-state index < -0.39 is 6.04 Å². The fourth-order valence-electron chi connectivity index (χ4n) is 3.81. The molecule has 0 saturated heterocycles. The van der Waals surface area contributed by atoms with Gasteiger partial charge in [-0.2, -0.15) is 0 Å². The van der Waals surface area contributed by atoms with Gasteiger partial charge in [-0.05, 0) is 53.1 Å². The molecule has 3 aromatic carbocycles. The summed E-state index contributed by atoms with van der Waals surface area (Å²) in [5.41, 5.74) is 3.27. The van der Waals surface area contributed by atoms with E-state index in [0.29, 0.717) is 30.2 Å². The Hall–Kier alpha value is -4.65. The zero-order chi connectivity index (χ0) is 25.9. The molecule has 2 amide bonds. The van der Waals surface area contributed by atoms with E-state index >= 15 is 0 Å². The highest BCUT2D eigenvalue weighted by Gasteiger charge is 2.19. The Morgan fingerprint density at radius 2 is 1.54 bits per heavy atom.